The molecule has 1 aromatic carbocycles. The lowest BCUT2D eigenvalue weighted by Crippen LogP contribution is -2.35. The van der Waals surface area contributed by atoms with Gasteiger partial charge in [0.05, 0.1) is 27.9 Å². The fourth-order valence-electron chi connectivity index (χ4n) is 4.31. The summed E-state index contributed by atoms with van der Waals surface area (Å²) in [5, 5.41) is 38.0. The summed E-state index contributed by atoms with van der Waals surface area (Å²) < 4.78 is 1.11. The van der Waals surface area contributed by atoms with Crippen LogP contribution in [0.2, 0.25) is 0 Å². The van der Waals surface area contributed by atoms with Gasteiger partial charge in [-0.05, 0) is 55.9 Å². The topological polar surface area (TPSA) is 111 Å². The molecule has 7 nitrogen and oxygen atoms in total. The molecule has 0 bridgehead atoms. The number of aliphatic hydroxyl groups excluding tert-OH is 3. The molecule has 0 saturated heterocycles. The molecule has 2 fully saturated rings. The molecule has 2 heterocycles. The van der Waals surface area contributed by atoms with E-state index in [0.717, 1.165) is 44.6 Å². The van der Waals surface area contributed by atoms with Crippen molar-refractivity contribution in [2.24, 2.45) is 11.8 Å². The summed E-state index contributed by atoms with van der Waals surface area (Å²) >= 11 is 1.61. The Morgan fingerprint density at radius 1 is 1.13 bits per heavy atom. The Balaban J connectivity index is 1.52. The molecule has 164 valence electrons. The van der Waals surface area contributed by atoms with Crippen molar-refractivity contribution in [3.8, 4) is 10.6 Å². The Hall–Kier alpha value is -2.26. The molecule has 31 heavy (non-hydrogen) atoms. The first-order valence-corrected chi connectivity index (χ1v) is 11.7. The van der Waals surface area contributed by atoms with Gasteiger partial charge in [-0.2, -0.15) is 0 Å². The van der Waals surface area contributed by atoms with Crippen LogP contribution in [0.1, 0.15) is 24.8 Å². The average molecular weight is 441 g/mol. The van der Waals surface area contributed by atoms with Crippen LogP contribution in [0, 0.1) is 18.8 Å². The number of fused-ring (bicyclic) bond motifs is 1. The zero-order valence-corrected chi connectivity index (χ0v) is 18.3. The molecule has 2 saturated carbocycles. The molecule has 2 aliphatic carbocycles. The van der Waals surface area contributed by atoms with E-state index in [4.69, 9.17) is 9.97 Å². The Labute approximate surface area is 185 Å². The second-order valence-electron chi connectivity index (χ2n) is 8.77. The van der Waals surface area contributed by atoms with Crippen LogP contribution in [0.25, 0.3) is 20.8 Å². The number of benzene rings is 1. The van der Waals surface area contributed by atoms with Gasteiger partial charge in [-0.1, -0.05) is 12.1 Å². The van der Waals surface area contributed by atoms with Gasteiger partial charge in [-0.3, -0.25) is 0 Å². The van der Waals surface area contributed by atoms with E-state index < -0.39 is 18.2 Å². The highest BCUT2D eigenvalue weighted by Crippen LogP contribution is 2.39. The first-order chi connectivity index (χ1) is 15.0. The number of nitrogens with one attached hydrogen (secondary N) is 2. The standard InChI is InChI=1S/C23H28N4O3S/c1-12-8-18(24-10-13-6-7-13)27-22(25-16-9-14(11-28)20(29)21(16)30)19(12)23-26-15-4-2-3-5-17(15)31-23/h2-5,8,13-14,16,20-21,28-30H,6-7,9-11H2,1H3,(H2,24,25,27)/t14-,16-,20-,21+/m1/s1. The molecule has 0 spiro atoms. The van der Waals surface area contributed by atoms with Gasteiger partial charge in [-0.15, -0.1) is 11.3 Å². The van der Waals surface area contributed by atoms with Gasteiger partial charge in [0.2, 0.25) is 0 Å². The molecule has 0 aliphatic heterocycles. The molecular weight excluding hydrogens is 412 g/mol. The molecule has 2 aliphatic rings. The van der Waals surface area contributed by atoms with Gasteiger partial charge in [-0.25, -0.2) is 9.97 Å². The van der Waals surface area contributed by atoms with Gasteiger partial charge in [0, 0.05) is 19.1 Å². The number of para-hydroxylation sites is 1. The van der Waals surface area contributed by atoms with Crippen LogP contribution >= 0.6 is 11.3 Å². The fraction of sp³-hybridized carbons (Fsp3) is 0.478. The number of aryl methyl sites for hydroxylation is 1. The third-order valence-corrected chi connectivity index (χ3v) is 7.41. The van der Waals surface area contributed by atoms with Crippen LogP contribution in [0.4, 0.5) is 11.6 Å². The van der Waals surface area contributed by atoms with Crippen LogP contribution in [0.3, 0.4) is 0 Å². The molecule has 5 N–H and O–H groups in total. The number of hydrogen-bond donors (Lipinski definition) is 5. The molecule has 4 atom stereocenters. The second kappa shape index (κ2) is 8.35. The van der Waals surface area contributed by atoms with Gasteiger partial charge >= 0.3 is 0 Å². The number of rotatable bonds is 7. The summed E-state index contributed by atoms with van der Waals surface area (Å²) in [6.45, 7) is 2.80. The lowest BCUT2D eigenvalue weighted by Gasteiger charge is -2.21. The van der Waals surface area contributed by atoms with Crippen LogP contribution < -0.4 is 10.6 Å². The van der Waals surface area contributed by atoms with Crippen molar-refractivity contribution in [3.05, 3.63) is 35.9 Å². The van der Waals surface area contributed by atoms with Crippen molar-refractivity contribution in [1.29, 1.82) is 0 Å². The van der Waals surface area contributed by atoms with E-state index in [1.165, 1.54) is 12.8 Å². The predicted molar refractivity (Wildman–Crippen MR) is 123 cm³/mol. The summed E-state index contributed by atoms with van der Waals surface area (Å²) in [7, 11) is 0. The number of anilines is 2. The van der Waals surface area contributed by atoms with Crippen LogP contribution in [0.15, 0.2) is 30.3 Å². The van der Waals surface area contributed by atoms with Crippen molar-refractivity contribution >= 4 is 33.2 Å². The Morgan fingerprint density at radius 2 is 1.94 bits per heavy atom. The first-order valence-electron chi connectivity index (χ1n) is 10.9. The van der Waals surface area contributed by atoms with Gasteiger partial charge in [0.15, 0.2) is 0 Å². The van der Waals surface area contributed by atoms with Crippen LogP contribution in [-0.4, -0.2) is 56.7 Å². The van der Waals surface area contributed by atoms with Crippen molar-refractivity contribution in [3.63, 3.8) is 0 Å². The summed E-state index contributed by atoms with van der Waals surface area (Å²) in [6.07, 6.45) is 1.07. The minimum Gasteiger partial charge on any atom is -0.396 e. The number of nitrogens with zero attached hydrogens (tertiary/aromatic N) is 2. The minimum atomic E-state index is -0.967. The maximum absolute atomic E-state index is 10.5. The van der Waals surface area contributed by atoms with Crippen molar-refractivity contribution in [2.75, 3.05) is 23.8 Å². The third kappa shape index (κ3) is 4.13. The van der Waals surface area contributed by atoms with E-state index in [-0.39, 0.29) is 12.5 Å². The minimum absolute atomic E-state index is 0.156. The highest BCUT2D eigenvalue weighted by atomic mass is 32.1. The zero-order valence-electron chi connectivity index (χ0n) is 17.5. The number of aromatic nitrogens is 2. The normalized spacial score (nSPS) is 25.8. The molecule has 8 heteroatoms. The highest BCUT2D eigenvalue weighted by Gasteiger charge is 2.41. The van der Waals surface area contributed by atoms with Crippen LogP contribution in [-0.2, 0) is 0 Å². The Bertz CT molecular complexity index is 1050. The van der Waals surface area contributed by atoms with E-state index in [1.807, 2.05) is 31.2 Å². The molecular formula is C23H28N4O3S. The molecule has 2 aromatic heterocycles. The molecule has 5 rings (SSSR count). The van der Waals surface area contributed by atoms with E-state index in [0.29, 0.717) is 12.2 Å². The second-order valence-corrected chi connectivity index (χ2v) is 9.80. The summed E-state index contributed by atoms with van der Waals surface area (Å²) in [4.78, 5) is 9.67. The SMILES string of the molecule is Cc1cc(NCC2CC2)nc(N[C@@H]2C[C@H](CO)[C@@H](O)[C@H]2O)c1-c1nc2ccccc2s1. The zero-order chi connectivity index (χ0) is 21.5. The van der Waals surface area contributed by atoms with E-state index in [1.54, 1.807) is 11.3 Å². The summed E-state index contributed by atoms with van der Waals surface area (Å²) in [5.41, 5.74) is 2.90. The van der Waals surface area contributed by atoms with Crippen molar-refractivity contribution < 1.29 is 15.3 Å². The van der Waals surface area contributed by atoms with Crippen LogP contribution in [0.5, 0.6) is 0 Å². The maximum atomic E-state index is 10.5. The fourth-order valence-corrected chi connectivity index (χ4v) is 5.39. The van der Waals surface area contributed by atoms with Gasteiger partial charge < -0.3 is 26.0 Å². The third-order valence-electron chi connectivity index (χ3n) is 6.35. The highest BCUT2D eigenvalue weighted by molar-refractivity contribution is 7.21. The molecule has 0 unspecified atom stereocenters. The maximum Gasteiger partial charge on any atom is 0.139 e. The van der Waals surface area contributed by atoms with Gasteiger partial charge in [0.1, 0.15) is 22.7 Å². The molecule has 0 radical (unpaired) electrons. The monoisotopic (exact) mass is 440 g/mol. The summed E-state index contributed by atoms with van der Waals surface area (Å²) in [6, 6.07) is 9.69. The lowest BCUT2D eigenvalue weighted by molar-refractivity contribution is 0.00446. The quantitative estimate of drug-likeness (QED) is 0.384. The number of hydrogen-bond acceptors (Lipinski definition) is 8. The number of pyridine rings is 1. The average Bonchev–Trinajstić information content (AvgIpc) is 3.44. The molecule has 0 amide bonds. The van der Waals surface area contributed by atoms with E-state index in [2.05, 4.69) is 16.7 Å². The number of thiazole rings is 1. The Morgan fingerprint density at radius 3 is 2.65 bits per heavy atom. The lowest BCUT2D eigenvalue weighted by atomic mass is 10.1. The summed E-state index contributed by atoms with van der Waals surface area (Å²) in [5.74, 6) is 1.81. The van der Waals surface area contributed by atoms with E-state index >= 15 is 0 Å². The largest absolute Gasteiger partial charge is 0.396 e. The smallest absolute Gasteiger partial charge is 0.139 e. The van der Waals surface area contributed by atoms with E-state index in [9.17, 15) is 15.3 Å². The van der Waals surface area contributed by atoms with Crippen molar-refractivity contribution in [1.82, 2.24) is 9.97 Å². The number of aliphatic hydroxyl groups is 3. The molecule has 3 aromatic rings. The Kier molecular flexibility index (Phi) is 5.56. The first kappa shape index (κ1) is 20.6. The van der Waals surface area contributed by atoms with Crippen molar-refractivity contribution in [2.45, 2.75) is 44.4 Å². The van der Waals surface area contributed by atoms with Gasteiger partial charge in [0.25, 0.3) is 0 Å². The predicted octanol–water partition coefficient (Wildman–Crippen LogP) is 3.00.